The number of aromatic nitrogens is 1. The van der Waals surface area contributed by atoms with E-state index in [1.807, 2.05) is 60.8 Å². The van der Waals surface area contributed by atoms with Crippen molar-refractivity contribution in [3.05, 3.63) is 71.9 Å². The van der Waals surface area contributed by atoms with Crippen molar-refractivity contribution in [2.45, 2.75) is 38.6 Å². The van der Waals surface area contributed by atoms with Gasteiger partial charge in [0.05, 0.1) is 6.04 Å². The first-order valence-corrected chi connectivity index (χ1v) is 10.1. The first-order valence-electron chi connectivity index (χ1n) is 10.1. The van der Waals surface area contributed by atoms with Crippen LogP contribution in [0, 0.1) is 0 Å². The molecule has 0 aliphatic carbocycles. The lowest BCUT2D eigenvalue weighted by molar-refractivity contribution is -0.148. The van der Waals surface area contributed by atoms with Gasteiger partial charge in [0.15, 0.2) is 12.4 Å². The van der Waals surface area contributed by atoms with Crippen molar-refractivity contribution in [3.8, 4) is 0 Å². The quantitative estimate of drug-likeness (QED) is 0.506. The Morgan fingerprint density at radius 1 is 1.03 bits per heavy atom. The van der Waals surface area contributed by atoms with Crippen LogP contribution in [0.25, 0.3) is 10.9 Å². The number of fused-ring (bicyclic) bond motifs is 1. The summed E-state index contributed by atoms with van der Waals surface area (Å²) in [5.41, 5.74) is 3.18. The second kappa shape index (κ2) is 10.4. The molecule has 156 valence electrons. The number of nitrogens with one attached hydrogen (secondary N) is 2. The van der Waals surface area contributed by atoms with Gasteiger partial charge in [-0.15, -0.1) is 0 Å². The summed E-state index contributed by atoms with van der Waals surface area (Å²) in [5.74, 6) is -1.04. The number of Topliss-reactive ketones (excluding diaryl/α,β-unsaturated/α-hetero) is 1. The van der Waals surface area contributed by atoms with E-state index in [1.54, 1.807) is 0 Å². The highest BCUT2D eigenvalue weighted by molar-refractivity contribution is 5.89. The molecule has 1 atom stereocenters. The number of hydrogen-bond acceptors (Lipinski definition) is 4. The zero-order valence-corrected chi connectivity index (χ0v) is 17.0. The molecule has 1 aromatic heterocycles. The van der Waals surface area contributed by atoms with Crippen molar-refractivity contribution in [2.75, 3.05) is 6.61 Å². The molecule has 3 rings (SSSR count). The molecule has 0 bridgehead atoms. The number of ether oxygens (including phenoxy) is 1. The second-order valence-electron chi connectivity index (χ2n) is 7.29. The maximum atomic E-state index is 12.1. The SMILES string of the molecule is CC(=O)[C@H](Cc1ccccc1)NC(=O)COC(=O)CCCc1c[nH]c2ccccc12. The highest BCUT2D eigenvalue weighted by Crippen LogP contribution is 2.19. The smallest absolute Gasteiger partial charge is 0.306 e. The third-order valence-electron chi connectivity index (χ3n) is 4.97. The van der Waals surface area contributed by atoms with Crippen molar-refractivity contribution in [1.82, 2.24) is 10.3 Å². The standard InChI is InChI=1S/C24H26N2O4/c1-17(27)22(14-18-8-3-2-4-9-18)26-23(28)16-30-24(29)13-7-10-19-15-25-21-12-6-5-11-20(19)21/h2-6,8-9,11-12,15,22,25H,7,10,13-14,16H2,1H3,(H,26,28)/t22-/m0/s1. The number of carbonyl (C=O) groups excluding carboxylic acids is 3. The van der Waals surface area contributed by atoms with Crippen molar-refractivity contribution in [3.63, 3.8) is 0 Å². The molecule has 1 heterocycles. The van der Waals surface area contributed by atoms with Gasteiger partial charge in [0.25, 0.3) is 5.91 Å². The molecule has 0 saturated carbocycles. The van der Waals surface area contributed by atoms with Crippen LogP contribution in [0.1, 0.15) is 30.9 Å². The summed E-state index contributed by atoms with van der Waals surface area (Å²) < 4.78 is 5.07. The molecule has 0 fully saturated rings. The van der Waals surface area contributed by atoms with E-state index < -0.39 is 17.9 Å². The zero-order valence-electron chi connectivity index (χ0n) is 17.0. The van der Waals surface area contributed by atoms with Gasteiger partial charge < -0.3 is 15.0 Å². The van der Waals surface area contributed by atoms with E-state index in [2.05, 4.69) is 10.3 Å². The van der Waals surface area contributed by atoms with Gasteiger partial charge in [-0.1, -0.05) is 48.5 Å². The molecule has 0 spiro atoms. The summed E-state index contributed by atoms with van der Waals surface area (Å²) in [6, 6.07) is 16.8. The summed E-state index contributed by atoms with van der Waals surface area (Å²) in [5, 5.41) is 3.80. The summed E-state index contributed by atoms with van der Waals surface area (Å²) in [7, 11) is 0. The molecule has 0 saturated heterocycles. The predicted octanol–water partition coefficient (Wildman–Crippen LogP) is 3.35. The summed E-state index contributed by atoms with van der Waals surface area (Å²) >= 11 is 0. The number of para-hydroxylation sites is 1. The minimum atomic E-state index is -0.638. The van der Waals surface area contributed by atoms with Crippen LogP contribution < -0.4 is 5.32 Å². The lowest BCUT2D eigenvalue weighted by Gasteiger charge is -2.16. The Balaban J connectivity index is 1.40. The number of aromatic amines is 1. The van der Waals surface area contributed by atoms with Crippen LogP contribution in [0.4, 0.5) is 0 Å². The molecule has 1 amide bonds. The lowest BCUT2D eigenvalue weighted by atomic mass is 10.0. The predicted molar refractivity (Wildman–Crippen MR) is 115 cm³/mol. The van der Waals surface area contributed by atoms with Crippen molar-refractivity contribution in [2.24, 2.45) is 0 Å². The topological polar surface area (TPSA) is 88.3 Å². The molecule has 3 aromatic rings. The van der Waals surface area contributed by atoms with Gasteiger partial charge >= 0.3 is 5.97 Å². The van der Waals surface area contributed by atoms with Gasteiger partial charge in [-0.05, 0) is 43.4 Å². The van der Waals surface area contributed by atoms with E-state index in [4.69, 9.17) is 4.74 Å². The first-order chi connectivity index (χ1) is 14.5. The highest BCUT2D eigenvalue weighted by atomic mass is 16.5. The van der Waals surface area contributed by atoms with Crippen molar-refractivity contribution >= 4 is 28.6 Å². The van der Waals surface area contributed by atoms with Crippen LogP contribution in [0.2, 0.25) is 0 Å². The Hall–Kier alpha value is -3.41. The highest BCUT2D eigenvalue weighted by Gasteiger charge is 2.18. The van der Waals surface area contributed by atoms with E-state index in [0.717, 1.165) is 28.5 Å². The van der Waals surface area contributed by atoms with E-state index in [1.165, 1.54) is 6.92 Å². The van der Waals surface area contributed by atoms with Crippen LogP contribution in [0.5, 0.6) is 0 Å². The Labute approximate surface area is 175 Å². The van der Waals surface area contributed by atoms with E-state index in [0.29, 0.717) is 12.8 Å². The molecule has 6 nitrogen and oxygen atoms in total. The number of rotatable bonds is 10. The normalized spacial score (nSPS) is 11.8. The average molecular weight is 406 g/mol. The number of amides is 1. The molecular formula is C24H26N2O4. The Kier molecular flexibility index (Phi) is 7.38. The maximum Gasteiger partial charge on any atom is 0.306 e. The fourth-order valence-electron chi connectivity index (χ4n) is 3.36. The minimum absolute atomic E-state index is 0.141. The molecule has 6 heteroatoms. The van der Waals surface area contributed by atoms with Gasteiger partial charge in [-0.2, -0.15) is 0 Å². The zero-order chi connectivity index (χ0) is 21.3. The van der Waals surface area contributed by atoms with Gasteiger partial charge in [0, 0.05) is 23.5 Å². The fourth-order valence-corrected chi connectivity index (χ4v) is 3.36. The molecule has 2 aromatic carbocycles. The van der Waals surface area contributed by atoms with Crippen molar-refractivity contribution in [1.29, 1.82) is 0 Å². The summed E-state index contributed by atoms with van der Waals surface area (Å²) in [4.78, 5) is 39.1. The molecule has 0 aliphatic heterocycles. The monoisotopic (exact) mass is 406 g/mol. The molecule has 0 unspecified atom stereocenters. The largest absolute Gasteiger partial charge is 0.456 e. The summed E-state index contributed by atoms with van der Waals surface area (Å²) in [6.07, 6.45) is 3.96. The Bertz CT molecular complexity index is 1010. The maximum absolute atomic E-state index is 12.1. The van der Waals surface area contributed by atoms with Crippen molar-refractivity contribution < 1.29 is 19.1 Å². The number of hydrogen-bond donors (Lipinski definition) is 2. The van der Waals surface area contributed by atoms with E-state index in [-0.39, 0.29) is 18.8 Å². The Morgan fingerprint density at radius 3 is 2.53 bits per heavy atom. The molecule has 0 aliphatic rings. The fraction of sp³-hybridized carbons (Fsp3) is 0.292. The minimum Gasteiger partial charge on any atom is -0.456 e. The van der Waals surface area contributed by atoms with Crippen LogP contribution in [-0.4, -0.2) is 35.3 Å². The third kappa shape index (κ3) is 6.04. The van der Waals surface area contributed by atoms with Crippen LogP contribution >= 0.6 is 0 Å². The van der Waals surface area contributed by atoms with Crippen LogP contribution in [0.15, 0.2) is 60.8 Å². The molecule has 0 radical (unpaired) electrons. The average Bonchev–Trinajstić information content (AvgIpc) is 3.16. The molecule has 2 N–H and O–H groups in total. The molecular weight excluding hydrogens is 380 g/mol. The Morgan fingerprint density at radius 2 is 1.77 bits per heavy atom. The second-order valence-corrected chi connectivity index (χ2v) is 7.29. The third-order valence-corrected chi connectivity index (χ3v) is 4.97. The van der Waals surface area contributed by atoms with Gasteiger partial charge in [-0.3, -0.25) is 14.4 Å². The number of H-pyrrole nitrogens is 1. The lowest BCUT2D eigenvalue weighted by Crippen LogP contribution is -2.43. The first kappa shape index (κ1) is 21.3. The number of ketones is 1. The van der Waals surface area contributed by atoms with Gasteiger partial charge in [-0.25, -0.2) is 0 Å². The van der Waals surface area contributed by atoms with E-state index in [9.17, 15) is 14.4 Å². The van der Waals surface area contributed by atoms with Crippen LogP contribution in [-0.2, 0) is 32.0 Å². The number of benzene rings is 2. The van der Waals surface area contributed by atoms with Gasteiger partial charge in [0.1, 0.15) is 0 Å². The number of carbonyl (C=O) groups is 3. The summed E-state index contributed by atoms with van der Waals surface area (Å²) in [6.45, 7) is 1.05. The van der Waals surface area contributed by atoms with E-state index >= 15 is 0 Å². The number of aryl methyl sites for hydroxylation is 1. The van der Waals surface area contributed by atoms with Gasteiger partial charge in [0.2, 0.25) is 0 Å². The molecule has 30 heavy (non-hydrogen) atoms. The van der Waals surface area contributed by atoms with Crippen LogP contribution in [0.3, 0.4) is 0 Å². The number of esters is 1.